The molecule has 2 rings (SSSR count). The highest BCUT2D eigenvalue weighted by atomic mass is 32.2. The lowest BCUT2D eigenvalue weighted by Gasteiger charge is -2.30. The molecular formula is C15H13F3O5S. The summed E-state index contributed by atoms with van der Waals surface area (Å²) in [6.07, 6.45) is -5.19. The second kappa shape index (κ2) is 6.06. The van der Waals surface area contributed by atoms with Gasteiger partial charge in [-0.25, -0.2) is 4.79 Å². The van der Waals surface area contributed by atoms with Gasteiger partial charge >= 0.3 is 12.1 Å². The highest BCUT2D eigenvalue weighted by molar-refractivity contribution is 7.85. The second-order valence-corrected chi connectivity index (χ2v) is 6.86. The molecule has 1 unspecified atom stereocenters. The number of hydrogen-bond donors (Lipinski definition) is 1. The number of rotatable bonds is 4. The van der Waals surface area contributed by atoms with Gasteiger partial charge in [-0.15, -0.1) is 0 Å². The molecule has 0 aromatic heterocycles. The molecule has 0 radical (unpaired) electrons. The van der Waals surface area contributed by atoms with Crippen LogP contribution in [-0.4, -0.2) is 36.5 Å². The monoisotopic (exact) mass is 362 g/mol. The van der Waals surface area contributed by atoms with E-state index in [4.69, 9.17) is 4.55 Å². The van der Waals surface area contributed by atoms with Gasteiger partial charge in [-0.05, 0) is 29.8 Å². The molecule has 0 bridgehead atoms. The van der Waals surface area contributed by atoms with Crippen molar-refractivity contribution < 1.29 is 35.7 Å². The molecule has 0 saturated heterocycles. The number of carbonyl (C=O) groups excluding carboxylic acids is 1. The normalized spacial score (nSPS) is 15.0. The Bertz CT molecular complexity index is 876. The van der Waals surface area contributed by atoms with Gasteiger partial charge in [-0.3, -0.25) is 4.55 Å². The molecule has 0 fully saturated rings. The number of ether oxygens (including phenoxy) is 1. The minimum Gasteiger partial charge on any atom is -0.445 e. The van der Waals surface area contributed by atoms with Crippen LogP contribution in [0.5, 0.6) is 0 Å². The van der Waals surface area contributed by atoms with E-state index in [0.29, 0.717) is 12.3 Å². The van der Waals surface area contributed by atoms with Crippen molar-refractivity contribution in [1.82, 2.24) is 0 Å². The first-order valence-corrected chi connectivity index (χ1v) is 8.26. The van der Waals surface area contributed by atoms with Gasteiger partial charge in [0.25, 0.3) is 10.1 Å². The first kappa shape index (κ1) is 18.2. The molecule has 0 amide bonds. The quantitative estimate of drug-likeness (QED) is 0.667. The first-order valence-electron chi connectivity index (χ1n) is 6.65. The molecule has 2 aromatic carbocycles. The molecule has 0 aliphatic carbocycles. The van der Waals surface area contributed by atoms with E-state index in [2.05, 4.69) is 4.74 Å². The number of benzene rings is 2. The summed E-state index contributed by atoms with van der Waals surface area (Å²) >= 11 is 0. The van der Waals surface area contributed by atoms with Gasteiger partial charge in [-0.1, -0.05) is 30.3 Å². The van der Waals surface area contributed by atoms with E-state index in [1.807, 2.05) is 0 Å². The van der Waals surface area contributed by atoms with Crippen molar-refractivity contribution in [2.75, 3.05) is 5.75 Å². The third kappa shape index (κ3) is 4.04. The van der Waals surface area contributed by atoms with Crippen LogP contribution in [0.2, 0.25) is 0 Å². The van der Waals surface area contributed by atoms with Crippen molar-refractivity contribution >= 4 is 26.9 Å². The van der Waals surface area contributed by atoms with Crippen LogP contribution in [0.1, 0.15) is 17.3 Å². The van der Waals surface area contributed by atoms with E-state index in [1.165, 1.54) is 18.2 Å². The number of alkyl halides is 3. The Morgan fingerprint density at radius 1 is 1.12 bits per heavy atom. The molecule has 1 N–H and O–H groups in total. The lowest BCUT2D eigenvalue weighted by molar-refractivity contribution is -0.243. The fourth-order valence-electron chi connectivity index (χ4n) is 2.10. The smallest absolute Gasteiger partial charge is 0.429 e. The Morgan fingerprint density at radius 3 is 2.25 bits per heavy atom. The zero-order valence-electron chi connectivity index (χ0n) is 12.4. The average molecular weight is 362 g/mol. The van der Waals surface area contributed by atoms with Crippen molar-refractivity contribution in [3.8, 4) is 0 Å². The molecule has 0 heterocycles. The average Bonchev–Trinajstić information content (AvgIpc) is 2.43. The minimum absolute atomic E-state index is 0.167. The van der Waals surface area contributed by atoms with Crippen molar-refractivity contribution in [2.24, 2.45) is 0 Å². The van der Waals surface area contributed by atoms with Crippen LogP contribution in [0, 0.1) is 0 Å². The van der Waals surface area contributed by atoms with Crippen molar-refractivity contribution in [2.45, 2.75) is 18.7 Å². The molecule has 24 heavy (non-hydrogen) atoms. The lowest BCUT2D eigenvalue weighted by Crippen LogP contribution is -2.51. The van der Waals surface area contributed by atoms with Gasteiger partial charge in [0.15, 0.2) is 0 Å². The SMILES string of the molecule is CC(CS(=O)(=O)O)(OC(=O)c1ccc2ccccc2c1)C(F)(F)F. The minimum atomic E-state index is -5.19. The van der Waals surface area contributed by atoms with E-state index in [0.717, 1.165) is 5.39 Å². The summed E-state index contributed by atoms with van der Waals surface area (Å²) in [7, 11) is -5.02. The van der Waals surface area contributed by atoms with E-state index in [1.54, 1.807) is 24.3 Å². The summed E-state index contributed by atoms with van der Waals surface area (Å²) in [5.41, 5.74) is -3.54. The zero-order valence-corrected chi connectivity index (χ0v) is 13.2. The van der Waals surface area contributed by atoms with Crippen LogP contribution in [-0.2, 0) is 14.9 Å². The Labute approximate surface area is 135 Å². The van der Waals surface area contributed by atoms with Crippen LogP contribution in [0.3, 0.4) is 0 Å². The number of halogens is 3. The van der Waals surface area contributed by atoms with Crippen LogP contribution < -0.4 is 0 Å². The topological polar surface area (TPSA) is 80.7 Å². The summed E-state index contributed by atoms with van der Waals surface area (Å²) in [6, 6.07) is 11.0. The molecule has 0 spiro atoms. The van der Waals surface area contributed by atoms with Gasteiger partial charge in [0, 0.05) is 0 Å². The molecule has 5 nitrogen and oxygen atoms in total. The molecule has 130 valence electrons. The molecule has 9 heteroatoms. The number of hydrogen-bond acceptors (Lipinski definition) is 4. The first-order chi connectivity index (χ1) is 10.9. The van der Waals surface area contributed by atoms with E-state index in [9.17, 15) is 26.4 Å². The third-order valence-electron chi connectivity index (χ3n) is 3.36. The van der Waals surface area contributed by atoms with Gasteiger partial charge in [0.1, 0.15) is 5.75 Å². The van der Waals surface area contributed by atoms with Crippen molar-refractivity contribution in [1.29, 1.82) is 0 Å². The zero-order chi connectivity index (χ0) is 18.2. The fraction of sp³-hybridized carbons (Fsp3) is 0.267. The number of carbonyl (C=O) groups is 1. The molecule has 0 aliphatic rings. The van der Waals surface area contributed by atoms with Crippen LogP contribution in [0.4, 0.5) is 13.2 Å². The second-order valence-electron chi connectivity index (χ2n) is 5.41. The van der Waals surface area contributed by atoms with Gasteiger partial charge < -0.3 is 4.74 Å². The fourth-order valence-corrected chi connectivity index (χ4v) is 3.02. The third-order valence-corrected chi connectivity index (χ3v) is 4.28. The summed E-state index contributed by atoms with van der Waals surface area (Å²) in [5.74, 6) is -3.13. The number of fused-ring (bicyclic) bond motifs is 1. The molecule has 2 aromatic rings. The highest BCUT2D eigenvalue weighted by Crippen LogP contribution is 2.35. The maximum Gasteiger partial charge on any atom is 0.429 e. The van der Waals surface area contributed by atoms with Gasteiger partial charge in [0.05, 0.1) is 5.56 Å². The summed E-state index contributed by atoms with van der Waals surface area (Å²) in [5, 5.41) is 1.38. The maximum atomic E-state index is 13.1. The Morgan fingerprint density at radius 2 is 1.71 bits per heavy atom. The summed E-state index contributed by atoms with van der Waals surface area (Å²) in [4.78, 5) is 12.0. The summed E-state index contributed by atoms with van der Waals surface area (Å²) < 4.78 is 74.2. The Hall–Kier alpha value is -2.13. The predicted octanol–water partition coefficient (Wildman–Crippen LogP) is 3.21. The number of esters is 1. The van der Waals surface area contributed by atoms with Crippen molar-refractivity contribution in [3.05, 3.63) is 48.0 Å². The Kier molecular flexibility index (Phi) is 4.60. The van der Waals surface area contributed by atoms with Gasteiger partial charge in [0.2, 0.25) is 5.60 Å². The lowest BCUT2D eigenvalue weighted by atomic mass is 10.1. The van der Waals surface area contributed by atoms with E-state index >= 15 is 0 Å². The van der Waals surface area contributed by atoms with E-state index in [-0.39, 0.29) is 5.56 Å². The van der Waals surface area contributed by atoms with Crippen LogP contribution >= 0.6 is 0 Å². The molecule has 0 saturated carbocycles. The molecular weight excluding hydrogens is 349 g/mol. The highest BCUT2D eigenvalue weighted by Gasteiger charge is 2.57. The standard InChI is InChI=1S/C15H13F3O5S/c1-14(15(16,17)18,9-24(20,21)22)23-13(19)12-7-6-10-4-2-3-5-11(10)8-12/h2-8H,9H2,1H3,(H,20,21,22). The molecule has 0 aliphatic heterocycles. The van der Waals surface area contributed by atoms with Crippen LogP contribution in [0.25, 0.3) is 10.8 Å². The molecule has 1 atom stereocenters. The summed E-state index contributed by atoms with van der Waals surface area (Å²) in [6.45, 7) is 0.389. The predicted molar refractivity (Wildman–Crippen MR) is 80.2 cm³/mol. The Balaban J connectivity index is 2.35. The largest absolute Gasteiger partial charge is 0.445 e. The van der Waals surface area contributed by atoms with Crippen molar-refractivity contribution in [3.63, 3.8) is 0 Å². The van der Waals surface area contributed by atoms with Crippen LogP contribution in [0.15, 0.2) is 42.5 Å². The maximum absolute atomic E-state index is 13.1. The van der Waals surface area contributed by atoms with Gasteiger partial charge in [-0.2, -0.15) is 21.6 Å². The van der Waals surface area contributed by atoms with E-state index < -0.39 is 33.6 Å².